The molecule has 128 valence electrons. The topological polar surface area (TPSA) is 150 Å². The number of rotatable bonds is 6. The second-order valence-electron chi connectivity index (χ2n) is 5.28. The summed E-state index contributed by atoms with van der Waals surface area (Å²) in [6.45, 7) is 0.762. The fraction of sp³-hybridized carbons (Fsp3) is 0.615. The lowest BCUT2D eigenvalue weighted by molar-refractivity contribution is -0.133. The molecule has 5 atom stereocenters. The summed E-state index contributed by atoms with van der Waals surface area (Å²) < 4.78 is 6.71. The van der Waals surface area contributed by atoms with Crippen molar-refractivity contribution in [3.05, 3.63) is 24.2 Å². The molecule has 0 saturated heterocycles. The third-order valence-corrected chi connectivity index (χ3v) is 3.47. The standard InChI is InChI=1S/C13H20N4O6/c1-7-4-8(19)11(13(23-7)12(22)9(20)6-18)15-10(21)5-17-3-2-14-16-17/h2-4,8-9,11-13,18-20,22H,5-6H2,1H3,(H,15,21)/t8-,9+,11+,12+,13+/m0/s1. The van der Waals surface area contributed by atoms with Crippen LogP contribution in [-0.4, -0.2) is 78.4 Å². The van der Waals surface area contributed by atoms with Gasteiger partial charge in [0.05, 0.1) is 30.7 Å². The number of hydrogen-bond donors (Lipinski definition) is 5. The van der Waals surface area contributed by atoms with Gasteiger partial charge in [-0.2, -0.15) is 0 Å². The van der Waals surface area contributed by atoms with Gasteiger partial charge in [0.2, 0.25) is 5.91 Å². The number of nitrogens with one attached hydrogen (secondary N) is 1. The molecule has 0 aromatic carbocycles. The van der Waals surface area contributed by atoms with Crippen molar-refractivity contribution in [1.82, 2.24) is 20.3 Å². The van der Waals surface area contributed by atoms with Crippen molar-refractivity contribution < 1.29 is 30.0 Å². The zero-order chi connectivity index (χ0) is 17.0. The lowest BCUT2D eigenvalue weighted by Crippen LogP contribution is -2.60. The molecule has 1 amide bonds. The van der Waals surface area contributed by atoms with Crippen LogP contribution < -0.4 is 5.32 Å². The van der Waals surface area contributed by atoms with E-state index in [0.29, 0.717) is 5.76 Å². The smallest absolute Gasteiger partial charge is 0.242 e. The molecular formula is C13H20N4O6. The van der Waals surface area contributed by atoms with Crippen molar-refractivity contribution in [3.8, 4) is 0 Å². The number of carbonyl (C=O) groups is 1. The molecule has 10 heteroatoms. The van der Waals surface area contributed by atoms with Gasteiger partial charge in [0, 0.05) is 6.20 Å². The van der Waals surface area contributed by atoms with Crippen LogP contribution >= 0.6 is 0 Å². The lowest BCUT2D eigenvalue weighted by Gasteiger charge is -2.38. The molecule has 1 aromatic heterocycles. The number of aliphatic hydroxyl groups is 4. The van der Waals surface area contributed by atoms with E-state index in [1.807, 2.05) is 0 Å². The van der Waals surface area contributed by atoms with Crippen LogP contribution in [0.3, 0.4) is 0 Å². The lowest BCUT2D eigenvalue weighted by atomic mass is 9.94. The molecular weight excluding hydrogens is 308 g/mol. The van der Waals surface area contributed by atoms with Gasteiger partial charge in [0.25, 0.3) is 0 Å². The van der Waals surface area contributed by atoms with E-state index in [2.05, 4.69) is 15.6 Å². The molecule has 23 heavy (non-hydrogen) atoms. The minimum atomic E-state index is -1.49. The maximum Gasteiger partial charge on any atom is 0.242 e. The average molecular weight is 328 g/mol. The highest BCUT2D eigenvalue weighted by molar-refractivity contribution is 5.76. The summed E-state index contributed by atoms with van der Waals surface area (Å²) in [4.78, 5) is 12.0. The molecule has 0 spiro atoms. The van der Waals surface area contributed by atoms with Crippen molar-refractivity contribution >= 4 is 5.91 Å². The number of nitrogens with zero attached hydrogens (tertiary/aromatic N) is 3. The zero-order valence-corrected chi connectivity index (χ0v) is 12.5. The summed E-state index contributed by atoms with van der Waals surface area (Å²) in [5.74, 6) is -0.139. The first-order valence-electron chi connectivity index (χ1n) is 7.06. The number of aromatic nitrogens is 3. The van der Waals surface area contributed by atoms with Crippen LogP contribution in [0.1, 0.15) is 6.92 Å². The summed E-state index contributed by atoms with van der Waals surface area (Å²) >= 11 is 0. The van der Waals surface area contributed by atoms with Gasteiger partial charge in [-0.1, -0.05) is 5.21 Å². The SMILES string of the molecule is CC1=C[C@H](O)[C@@H](NC(=O)Cn2ccnn2)[C@H]([C@H](O)[C@H](O)CO)O1. The van der Waals surface area contributed by atoms with Gasteiger partial charge in [0.1, 0.15) is 24.9 Å². The Hall–Kier alpha value is -2.01. The Morgan fingerprint density at radius 2 is 2.26 bits per heavy atom. The van der Waals surface area contributed by atoms with Crippen LogP contribution in [0.4, 0.5) is 0 Å². The Labute approximate surface area is 132 Å². The van der Waals surface area contributed by atoms with Crippen LogP contribution in [-0.2, 0) is 16.1 Å². The highest BCUT2D eigenvalue weighted by Crippen LogP contribution is 2.22. The molecule has 1 aromatic rings. The Bertz CT molecular complexity index is 549. The van der Waals surface area contributed by atoms with Gasteiger partial charge in [0.15, 0.2) is 0 Å². The molecule has 10 nitrogen and oxygen atoms in total. The second kappa shape index (κ2) is 7.51. The first-order chi connectivity index (χ1) is 10.9. The Kier molecular flexibility index (Phi) is 5.66. The van der Waals surface area contributed by atoms with Gasteiger partial charge in [-0.05, 0) is 13.0 Å². The van der Waals surface area contributed by atoms with Gasteiger partial charge >= 0.3 is 0 Å². The van der Waals surface area contributed by atoms with E-state index in [-0.39, 0.29) is 6.54 Å². The minimum Gasteiger partial charge on any atom is -0.490 e. The number of carbonyl (C=O) groups excluding carboxylic acids is 1. The van der Waals surface area contributed by atoms with E-state index in [1.165, 1.54) is 23.2 Å². The number of hydrogen-bond acceptors (Lipinski definition) is 8. The van der Waals surface area contributed by atoms with Crippen LogP contribution in [0.5, 0.6) is 0 Å². The molecule has 2 rings (SSSR count). The molecule has 0 bridgehead atoms. The summed E-state index contributed by atoms with van der Waals surface area (Å²) in [6.07, 6.45) is -0.885. The Morgan fingerprint density at radius 3 is 2.87 bits per heavy atom. The predicted molar refractivity (Wildman–Crippen MR) is 75.7 cm³/mol. The van der Waals surface area contributed by atoms with E-state index in [0.717, 1.165) is 0 Å². The van der Waals surface area contributed by atoms with Gasteiger partial charge in [-0.25, -0.2) is 4.68 Å². The quantitative estimate of drug-likeness (QED) is 0.374. The zero-order valence-electron chi connectivity index (χ0n) is 12.5. The van der Waals surface area contributed by atoms with Crippen LogP contribution in [0, 0.1) is 0 Å². The number of ether oxygens (including phenoxy) is 1. The van der Waals surface area contributed by atoms with Gasteiger partial charge < -0.3 is 30.5 Å². The van der Waals surface area contributed by atoms with Crippen LogP contribution in [0.2, 0.25) is 0 Å². The third-order valence-electron chi connectivity index (χ3n) is 3.47. The van der Waals surface area contributed by atoms with Crippen LogP contribution in [0.25, 0.3) is 0 Å². The maximum atomic E-state index is 12.0. The largest absolute Gasteiger partial charge is 0.490 e. The second-order valence-corrected chi connectivity index (χ2v) is 5.28. The van der Waals surface area contributed by atoms with Crippen molar-refractivity contribution in [1.29, 1.82) is 0 Å². The van der Waals surface area contributed by atoms with Gasteiger partial charge in [-0.15, -0.1) is 5.10 Å². The highest BCUT2D eigenvalue weighted by atomic mass is 16.5. The van der Waals surface area contributed by atoms with Crippen molar-refractivity contribution in [2.45, 2.75) is 43.9 Å². The normalized spacial score (nSPS) is 26.8. The fourth-order valence-corrected chi connectivity index (χ4v) is 2.34. The molecule has 0 radical (unpaired) electrons. The summed E-state index contributed by atoms with van der Waals surface area (Å²) in [7, 11) is 0. The minimum absolute atomic E-state index is 0.128. The molecule has 0 unspecified atom stereocenters. The first-order valence-corrected chi connectivity index (χ1v) is 7.06. The summed E-state index contributed by atoms with van der Waals surface area (Å²) in [6, 6.07) is -0.995. The molecule has 0 fully saturated rings. The fourth-order valence-electron chi connectivity index (χ4n) is 2.34. The molecule has 2 heterocycles. The van der Waals surface area contributed by atoms with E-state index < -0.39 is 43.0 Å². The summed E-state index contributed by atoms with van der Waals surface area (Å²) in [5.41, 5.74) is 0. The van der Waals surface area contributed by atoms with Crippen molar-refractivity contribution in [2.75, 3.05) is 6.61 Å². The molecule has 5 N–H and O–H groups in total. The third kappa shape index (κ3) is 4.26. The Morgan fingerprint density at radius 1 is 1.52 bits per heavy atom. The van der Waals surface area contributed by atoms with E-state index in [4.69, 9.17) is 9.84 Å². The molecule has 0 saturated carbocycles. The monoisotopic (exact) mass is 328 g/mol. The number of aliphatic hydroxyl groups excluding tert-OH is 4. The number of amides is 1. The maximum absolute atomic E-state index is 12.0. The van der Waals surface area contributed by atoms with Gasteiger partial charge in [-0.3, -0.25) is 4.79 Å². The number of allylic oxidation sites excluding steroid dienone is 1. The molecule has 0 aliphatic carbocycles. The van der Waals surface area contributed by atoms with E-state index in [1.54, 1.807) is 6.92 Å². The highest BCUT2D eigenvalue weighted by Gasteiger charge is 2.41. The summed E-state index contributed by atoms with van der Waals surface area (Å²) in [5, 5.41) is 48.5. The Balaban J connectivity index is 2.09. The predicted octanol–water partition coefficient (Wildman–Crippen LogP) is -2.86. The van der Waals surface area contributed by atoms with Crippen molar-refractivity contribution in [2.24, 2.45) is 0 Å². The molecule has 1 aliphatic rings. The average Bonchev–Trinajstić information content (AvgIpc) is 3.00. The first kappa shape index (κ1) is 17.3. The van der Waals surface area contributed by atoms with Crippen LogP contribution in [0.15, 0.2) is 24.2 Å². The van der Waals surface area contributed by atoms with Crippen molar-refractivity contribution in [3.63, 3.8) is 0 Å². The molecule has 1 aliphatic heterocycles. The van der Waals surface area contributed by atoms with E-state index in [9.17, 15) is 20.1 Å². The van der Waals surface area contributed by atoms with E-state index >= 15 is 0 Å².